The summed E-state index contributed by atoms with van der Waals surface area (Å²) in [5, 5.41) is 14.0. The second kappa shape index (κ2) is 6.85. The Morgan fingerprint density at radius 2 is 2.24 bits per heavy atom. The minimum atomic E-state index is -0.144. The van der Waals surface area contributed by atoms with Gasteiger partial charge in [-0.3, -0.25) is 4.79 Å². The van der Waals surface area contributed by atoms with Crippen molar-refractivity contribution in [3.63, 3.8) is 0 Å². The largest absolute Gasteiger partial charge is 0.394 e. The zero-order valence-corrected chi connectivity index (χ0v) is 17.9. The molecular weight excluding hydrogens is 362 g/mol. The predicted molar refractivity (Wildman–Crippen MR) is 115 cm³/mol. The Kier molecular flexibility index (Phi) is 4.52. The lowest BCUT2D eigenvalue weighted by atomic mass is 9.61. The van der Waals surface area contributed by atoms with Crippen molar-refractivity contribution in [3.05, 3.63) is 35.0 Å². The number of nitrogens with zero attached hydrogens (tertiary/aromatic N) is 2. The molecule has 3 aliphatic rings. The van der Waals surface area contributed by atoms with Crippen molar-refractivity contribution < 1.29 is 9.90 Å². The van der Waals surface area contributed by atoms with E-state index in [0.29, 0.717) is 6.04 Å². The Labute approximate surface area is 173 Å². The standard InChI is InChI=1S/C24H33N3O2/c1-4-16(14-28)25-23(29)15-12-24(2)18-7-5-8-20-22(18)17(11-21(24)26(3)13-15)19-9-6-10-27(19)20/h5,7-8,15-16,21,28H,4,6,9-14H2,1-3H3,(H,25,29). The Balaban J connectivity index is 1.55. The summed E-state index contributed by atoms with van der Waals surface area (Å²) >= 11 is 0. The molecule has 156 valence electrons. The number of amides is 1. The summed E-state index contributed by atoms with van der Waals surface area (Å²) in [6.07, 6.45) is 5.16. The van der Waals surface area contributed by atoms with E-state index in [1.54, 1.807) is 11.3 Å². The van der Waals surface area contributed by atoms with Crippen LogP contribution in [0.4, 0.5) is 0 Å². The summed E-state index contributed by atoms with van der Waals surface area (Å²) in [6.45, 7) is 6.30. The summed E-state index contributed by atoms with van der Waals surface area (Å²) in [6, 6.07) is 7.09. The number of likely N-dealkylation sites (tertiary alicyclic amines) is 1. The Hall–Kier alpha value is -1.85. The number of hydrogen-bond acceptors (Lipinski definition) is 3. The molecule has 0 spiro atoms. The van der Waals surface area contributed by atoms with E-state index in [4.69, 9.17) is 0 Å². The van der Waals surface area contributed by atoms with Crippen LogP contribution >= 0.6 is 0 Å². The number of aryl methyl sites for hydroxylation is 1. The van der Waals surface area contributed by atoms with Gasteiger partial charge in [-0.05, 0) is 56.3 Å². The lowest BCUT2D eigenvalue weighted by Crippen LogP contribution is -2.59. The Morgan fingerprint density at radius 1 is 1.41 bits per heavy atom. The zero-order valence-electron chi connectivity index (χ0n) is 17.9. The number of fused-ring (bicyclic) bond motifs is 5. The summed E-state index contributed by atoms with van der Waals surface area (Å²) < 4.78 is 2.55. The maximum Gasteiger partial charge on any atom is 0.224 e. The van der Waals surface area contributed by atoms with E-state index >= 15 is 0 Å². The minimum absolute atomic E-state index is 0.00362. The molecule has 1 fully saturated rings. The highest BCUT2D eigenvalue weighted by Crippen LogP contribution is 2.50. The number of aliphatic hydroxyl groups is 1. The second-order valence-corrected chi connectivity index (χ2v) is 9.65. The first-order valence-electron chi connectivity index (χ1n) is 11.2. The highest BCUT2D eigenvalue weighted by molar-refractivity contribution is 5.91. The van der Waals surface area contributed by atoms with Crippen LogP contribution in [-0.4, -0.2) is 52.8 Å². The molecule has 1 saturated heterocycles. The maximum absolute atomic E-state index is 13.0. The molecule has 1 aliphatic carbocycles. The number of aromatic nitrogens is 1. The molecule has 4 atom stereocenters. The van der Waals surface area contributed by atoms with Crippen molar-refractivity contribution in [2.45, 2.75) is 70.0 Å². The number of carbonyl (C=O) groups excluding carboxylic acids is 1. The molecule has 2 aliphatic heterocycles. The molecule has 0 saturated carbocycles. The molecule has 5 rings (SSSR count). The number of benzene rings is 1. The molecular formula is C24H33N3O2. The van der Waals surface area contributed by atoms with Crippen molar-refractivity contribution >= 4 is 16.8 Å². The van der Waals surface area contributed by atoms with Gasteiger partial charge in [0, 0.05) is 41.1 Å². The summed E-state index contributed by atoms with van der Waals surface area (Å²) in [4.78, 5) is 15.5. The molecule has 0 bridgehead atoms. The van der Waals surface area contributed by atoms with Crippen LogP contribution in [0.5, 0.6) is 0 Å². The fourth-order valence-electron chi connectivity index (χ4n) is 6.49. The minimum Gasteiger partial charge on any atom is -0.394 e. The monoisotopic (exact) mass is 395 g/mol. The van der Waals surface area contributed by atoms with Gasteiger partial charge in [0.15, 0.2) is 0 Å². The molecule has 1 aromatic carbocycles. The van der Waals surface area contributed by atoms with Crippen molar-refractivity contribution in [2.75, 3.05) is 20.2 Å². The average Bonchev–Trinajstić information content (AvgIpc) is 3.30. The van der Waals surface area contributed by atoms with Crippen LogP contribution in [0.2, 0.25) is 0 Å². The molecule has 2 N–H and O–H groups in total. The van der Waals surface area contributed by atoms with Gasteiger partial charge in [0.25, 0.3) is 0 Å². The quantitative estimate of drug-likeness (QED) is 0.837. The number of rotatable bonds is 4. The van der Waals surface area contributed by atoms with Gasteiger partial charge < -0.3 is 19.9 Å². The summed E-state index contributed by atoms with van der Waals surface area (Å²) in [5.41, 5.74) is 5.91. The number of hydrogen-bond donors (Lipinski definition) is 2. The Morgan fingerprint density at radius 3 is 3.00 bits per heavy atom. The van der Waals surface area contributed by atoms with Gasteiger partial charge in [-0.25, -0.2) is 0 Å². The van der Waals surface area contributed by atoms with Crippen molar-refractivity contribution in [2.24, 2.45) is 5.92 Å². The third-order valence-corrected chi connectivity index (χ3v) is 7.99. The topological polar surface area (TPSA) is 57.5 Å². The maximum atomic E-state index is 13.0. The molecule has 1 aromatic heterocycles. The van der Waals surface area contributed by atoms with Gasteiger partial charge in [-0.15, -0.1) is 0 Å². The number of carbonyl (C=O) groups is 1. The van der Waals surface area contributed by atoms with Crippen LogP contribution in [0.15, 0.2) is 18.2 Å². The van der Waals surface area contributed by atoms with E-state index in [1.807, 2.05) is 6.92 Å². The van der Waals surface area contributed by atoms with Gasteiger partial charge in [0.2, 0.25) is 5.91 Å². The first kappa shape index (κ1) is 19.1. The fourth-order valence-corrected chi connectivity index (χ4v) is 6.49. The third-order valence-electron chi connectivity index (χ3n) is 7.99. The predicted octanol–water partition coefficient (Wildman–Crippen LogP) is 2.61. The van der Waals surface area contributed by atoms with Crippen molar-refractivity contribution in [1.29, 1.82) is 0 Å². The van der Waals surface area contributed by atoms with Gasteiger partial charge in [0.1, 0.15) is 0 Å². The van der Waals surface area contributed by atoms with Crippen LogP contribution < -0.4 is 5.32 Å². The first-order valence-corrected chi connectivity index (χ1v) is 11.2. The molecule has 4 unspecified atom stereocenters. The van der Waals surface area contributed by atoms with E-state index in [0.717, 1.165) is 32.4 Å². The van der Waals surface area contributed by atoms with Crippen LogP contribution in [0.3, 0.4) is 0 Å². The van der Waals surface area contributed by atoms with Gasteiger partial charge in [-0.1, -0.05) is 26.0 Å². The van der Waals surface area contributed by atoms with Crippen molar-refractivity contribution in [1.82, 2.24) is 14.8 Å². The number of likely N-dealkylation sites (N-methyl/N-ethyl adjacent to an activating group) is 1. The fraction of sp³-hybridized carbons (Fsp3) is 0.625. The SMILES string of the molecule is CCC(CO)NC(=O)C1CN(C)C2Cc3c4n(c5cccc(c35)C2(C)C1)CCC4. The first-order chi connectivity index (χ1) is 14.0. The van der Waals surface area contributed by atoms with E-state index in [-0.39, 0.29) is 29.9 Å². The van der Waals surface area contributed by atoms with E-state index < -0.39 is 0 Å². The average molecular weight is 396 g/mol. The summed E-state index contributed by atoms with van der Waals surface area (Å²) in [5.74, 6) is 0.0443. The molecule has 1 amide bonds. The van der Waals surface area contributed by atoms with Gasteiger partial charge in [0.05, 0.1) is 18.6 Å². The lowest BCUT2D eigenvalue weighted by molar-refractivity contribution is -0.129. The molecule has 5 heteroatoms. The van der Waals surface area contributed by atoms with Crippen LogP contribution in [0.25, 0.3) is 10.9 Å². The normalized spacial score (nSPS) is 29.5. The number of aliphatic hydroxyl groups excluding tert-OH is 1. The van der Waals surface area contributed by atoms with Crippen molar-refractivity contribution in [3.8, 4) is 0 Å². The van der Waals surface area contributed by atoms with Gasteiger partial charge in [-0.2, -0.15) is 0 Å². The van der Waals surface area contributed by atoms with Crippen LogP contribution in [-0.2, 0) is 29.6 Å². The lowest BCUT2D eigenvalue weighted by Gasteiger charge is -2.52. The number of piperidine rings is 1. The summed E-state index contributed by atoms with van der Waals surface area (Å²) in [7, 11) is 2.19. The smallest absolute Gasteiger partial charge is 0.224 e. The van der Waals surface area contributed by atoms with Crippen LogP contribution in [0, 0.1) is 5.92 Å². The van der Waals surface area contributed by atoms with Gasteiger partial charge >= 0.3 is 0 Å². The zero-order chi connectivity index (χ0) is 20.3. The highest BCUT2D eigenvalue weighted by Gasteiger charge is 2.50. The molecule has 29 heavy (non-hydrogen) atoms. The second-order valence-electron chi connectivity index (χ2n) is 9.65. The molecule has 0 radical (unpaired) electrons. The third kappa shape index (κ3) is 2.70. The van der Waals surface area contributed by atoms with E-state index in [1.165, 1.54) is 29.3 Å². The molecule has 3 heterocycles. The number of nitrogens with one attached hydrogen (secondary N) is 1. The molecule has 5 nitrogen and oxygen atoms in total. The molecule has 2 aromatic rings. The van der Waals surface area contributed by atoms with E-state index in [9.17, 15) is 9.90 Å². The van der Waals surface area contributed by atoms with Crippen LogP contribution in [0.1, 0.15) is 49.9 Å². The van der Waals surface area contributed by atoms with E-state index in [2.05, 4.69) is 47.0 Å². The Bertz CT molecular complexity index is 961. The highest BCUT2D eigenvalue weighted by atomic mass is 16.3.